The maximum atomic E-state index is 5.57. The molecule has 0 saturated heterocycles. The molecular weight excluding hydrogens is 232 g/mol. The molecule has 0 spiro atoms. The SMILES string of the molecule is CCOc1cncc(NCCn2cc(N)cn2)n1. The van der Waals surface area contributed by atoms with Gasteiger partial charge in [-0.25, -0.2) is 0 Å². The fraction of sp³-hybridized carbons (Fsp3) is 0.364. The number of aromatic nitrogens is 4. The molecule has 96 valence electrons. The van der Waals surface area contributed by atoms with Crippen LogP contribution < -0.4 is 15.8 Å². The molecule has 0 unspecified atom stereocenters. The van der Waals surface area contributed by atoms with Crippen LogP contribution in [-0.2, 0) is 6.54 Å². The number of hydrogen-bond acceptors (Lipinski definition) is 6. The van der Waals surface area contributed by atoms with Crippen LogP contribution in [0.4, 0.5) is 11.5 Å². The fourth-order valence-corrected chi connectivity index (χ4v) is 1.45. The normalized spacial score (nSPS) is 10.3. The van der Waals surface area contributed by atoms with Crippen LogP contribution in [0.2, 0.25) is 0 Å². The van der Waals surface area contributed by atoms with Gasteiger partial charge in [0.05, 0.1) is 37.4 Å². The lowest BCUT2D eigenvalue weighted by atomic mass is 10.5. The molecule has 7 heteroatoms. The summed E-state index contributed by atoms with van der Waals surface area (Å²) >= 11 is 0. The second-order valence-electron chi connectivity index (χ2n) is 3.64. The van der Waals surface area contributed by atoms with Crippen molar-refractivity contribution in [1.82, 2.24) is 19.7 Å². The average Bonchev–Trinajstić information content (AvgIpc) is 2.76. The molecule has 0 fully saturated rings. The number of hydrogen-bond donors (Lipinski definition) is 2. The van der Waals surface area contributed by atoms with Crippen molar-refractivity contribution in [3.8, 4) is 5.88 Å². The van der Waals surface area contributed by atoms with Crippen molar-refractivity contribution >= 4 is 11.5 Å². The van der Waals surface area contributed by atoms with E-state index in [0.717, 1.165) is 0 Å². The summed E-state index contributed by atoms with van der Waals surface area (Å²) in [6, 6.07) is 0. The molecule has 18 heavy (non-hydrogen) atoms. The summed E-state index contributed by atoms with van der Waals surface area (Å²) in [5.74, 6) is 1.20. The van der Waals surface area contributed by atoms with Gasteiger partial charge < -0.3 is 15.8 Å². The van der Waals surface area contributed by atoms with Gasteiger partial charge in [-0.3, -0.25) is 9.67 Å². The van der Waals surface area contributed by atoms with Crippen LogP contribution in [0, 0.1) is 0 Å². The van der Waals surface area contributed by atoms with Crippen LogP contribution in [0.5, 0.6) is 5.88 Å². The predicted octanol–water partition coefficient (Wildman–Crippen LogP) is 0.766. The maximum Gasteiger partial charge on any atom is 0.234 e. The van der Waals surface area contributed by atoms with Gasteiger partial charge in [0.2, 0.25) is 5.88 Å². The lowest BCUT2D eigenvalue weighted by molar-refractivity contribution is 0.325. The molecule has 7 nitrogen and oxygen atoms in total. The molecule has 0 amide bonds. The van der Waals surface area contributed by atoms with Crippen molar-refractivity contribution in [3.05, 3.63) is 24.8 Å². The van der Waals surface area contributed by atoms with Crippen LogP contribution in [0.1, 0.15) is 6.92 Å². The van der Waals surface area contributed by atoms with Crippen LogP contribution in [-0.4, -0.2) is 32.9 Å². The second-order valence-corrected chi connectivity index (χ2v) is 3.64. The van der Waals surface area contributed by atoms with Crippen LogP contribution >= 0.6 is 0 Å². The summed E-state index contributed by atoms with van der Waals surface area (Å²) in [7, 11) is 0. The van der Waals surface area contributed by atoms with Gasteiger partial charge in [-0.1, -0.05) is 0 Å². The number of rotatable bonds is 6. The first-order valence-corrected chi connectivity index (χ1v) is 5.74. The van der Waals surface area contributed by atoms with Gasteiger partial charge in [-0.2, -0.15) is 10.1 Å². The van der Waals surface area contributed by atoms with Gasteiger partial charge in [0.15, 0.2) is 0 Å². The van der Waals surface area contributed by atoms with E-state index in [-0.39, 0.29) is 0 Å². The Hall–Kier alpha value is -2.31. The Labute approximate surface area is 105 Å². The molecule has 2 aromatic rings. The number of nitrogen functional groups attached to an aromatic ring is 1. The Morgan fingerprint density at radius 1 is 1.39 bits per heavy atom. The largest absolute Gasteiger partial charge is 0.477 e. The lowest BCUT2D eigenvalue weighted by Gasteiger charge is -2.07. The highest BCUT2D eigenvalue weighted by molar-refractivity contribution is 5.33. The third kappa shape index (κ3) is 3.34. The fourth-order valence-electron chi connectivity index (χ4n) is 1.45. The van der Waals surface area contributed by atoms with E-state index in [1.165, 1.54) is 0 Å². The monoisotopic (exact) mass is 248 g/mol. The quantitative estimate of drug-likeness (QED) is 0.784. The molecule has 0 radical (unpaired) electrons. The molecule has 3 N–H and O–H groups in total. The van der Waals surface area contributed by atoms with E-state index in [2.05, 4.69) is 20.4 Å². The van der Waals surface area contributed by atoms with Crippen LogP contribution in [0.15, 0.2) is 24.8 Å². The van der Waals surface area contributed by atoms with E-state index in [9.17, 15) is 0 Å². The first-order chi connectivity index (χ1) is 8.78. The van der Waals surface area contributed by atoms with Gasteiger partial charge in [-0.05, 0) is 6.92 Å². The van der Waals surface area contributed by atoms with E-state index in [1.54, 1.807) is 29.5 Å². The van der Waals surface area contributed by atoms with E-state index in [0.29, 0.717) is 37.1 Å². The number of nitrogens with zero attached hydrogens (tertiary/aromatic N) is 4. The summed E-state index contributed by atoms with van der Waals surface area (Å²) in [6.07, 6.45) is 6.64. The van der Waals surface area contributed by atoms with Gasteiger partial charge >= 0.3 is 0 Å². The molecule has 0 saturated carbocycles. The molecular formula is C11H16N6O. The van der Waals surface area contributed by atoms with Crippen molar-refractivity contribution in [3.63, 3.8) is 0 Å². The van der Waals surface area contributed by atoms with Crippen molar-refractivity contribution < 1.29 is 4.74 Å². The van der Waals surface area contributed by atoms with Gasteiger partial charge in [-0.15, -0.1) is 0 Å². The van der Waals surface area contributed by atoms with Crippen molar-refractivity contribution in [1.29, 1.82) is 0 Å². The number of nitrogens with two attached hydrogens (primary N) is 1. The van der Waals surface area contributed by atoms with Gasteiger partial charge in [0.25, 0.3) is 0 Å². The number of ether oxygens (including phenoxy) is 1. The third-order valence-corrected chi connectivity index (χ3v) is 2.20. The summed E-state index contributed by atoms with van der Waals surface area (Å²) < 4.78 is 7.03. The summed E-state index contributed by atoms with van der Waals surface area (Å²) in [4.78, 5) is 8.29. The van der Waals surface area contributed by atoms with Crippen molar-refractivity contribution in [2.24, 2.45) is 0 Å². The van der Waals surface area contributed by atoms with Crippen LogP contribution in [0.3, 0.4) is 0 Å². The number of nitrogens with one attached hydrogen (secondary N) is 1. The molecule has 0 aliphatic heterocycles. The van der Waals surface area contributed by atoms with E-state index in [4.69, 9.17) is 10.5 Å². The van der Waals surface area contributed by atoms with Gasteiger partial charge in [0, 0.05) is 12.7 Å². The Morgan fingerprint density at radius 3 is 3.00 bits per heavy atom. The molecule has 0 atom stereocenters. The van der Waals surface area contributed by atoms with E-state index in [1.807, 2.05) is 6.92 Å². The molecule has 0 bridgehead atoms. The first kappa shape index (κ1) is 12.2. The summed E-state index contributed by atoms with van der Waals surface area (Å²) in [6.45, 7) is 3.87. The highest BCUT2D eigenvalue weighted by Crippen LogP contribution is 2.08. The maximum absolute atomic E-state index is 5.57. The second kappa shape index (κ2) is 5.85. The molecule has 0 aliphatic rings. The Kier molecular flexibility index (Phi) is 3.95. The molecule has 2 aromatic heterocycles. The molecule has 2 rings (SSSR count). The van der Waals surface area contributed by atoms with Crippen molar-refractivity contribution in [2.45, 2.75) is 13.5 Å². The molecule has 0 aromatic carbocycles. The average molecular weight is 248 g/mol. The molecule has 2 heterocycles. The Morgan fingerprint density at radius 2 is 2.28 bits per heavy atom. The Balaban J connectivity index is 1.84. The number of anilines is 2. The van der Waals surface area contributed by atoms with Gasteiger partial charge in [0.1, 0.15) is 5.82 Å². The summed E-state index contributed by atoms with van der Waals surface area (Å²) in [5, 5.41) is 7.23. The minimum atomic E-state index is 0.519. The minimum Gasteiger partial charge on any atom is -0.477 e. The zero-order valence-electron chi connectivity index (χ0n) is 10.2. The highest BCUT2D eigenvalue weighted by atomic mass is 16.5. The van der Waals surface area contributed by atoms with Crippen LogP contribution in [0.25, 0.3) is 0 Å². The standard InChI is InChI=1S/C11H16N6O/c1-2-18-11-7-13-6-10(16-11)14-3-4-17-8-9(12)5-15-17/h5-8H,2-4,12H2,1H3,(H,14,16). The molecule has 0 aliphatic carbocycles. The Bertz CT molecular complexity index is 498. The summed E-state index contributed by atoms with van der Waals surface area (Å²) in [5.41, 5.74) is 6.23. The zero-order valence-corrected chi connectivity index (χ0v) is 10.2. The third-order valence-electron chi connectivity index (χ3n) is 2.20. The first-order valence-electron chi connectivity index (χ1n) is 5.74. The van der Waals surface area contributed by atoms with Crippen molar-refractivity contribution in [2.75, 3.05) is 24.2 Å². The minimum absolute atomic E-state index is 0.519. The zero-order chi connectivity index (χ0) is 12.8. The predicted molar refractivity (Wildman–Crippen MR) is 68.3 cm³/mol. The highest BCUT2D eigenvalue weighted by Gasteiger charge is 1.99. The topological polar surface area (TPSA) is 90.9 Å². The lowest BCUT2D eigenvalue weighted by Crippen LogP contribution is -2.12. The van der Waals surface area contributed by atoms with E-state index < -0.39 is 0 Å². The smallest absolute Gasteiger partial charge is 0.234 e. The van der Waals surface area contributed by atoms with E-state index >= 15 is 0 Å².